The molecule has 0 aliphatic carbocycles. The van der Waals surface area contributed by atoms with Gasteiger partial charge in [-0.15, -0.1) is 0 Å². The van der Waals surface area contributed by atoms with Gasteiger partial charge in [0.05, 0.1) is 12.0 Å². The van der Waals surface area contributed by atoms with E-state index >= 15 is 0 Å². The first kappa shape index (κ1) is 21.4. The predicted molar refractivity (Wildman–Crippen MR) is 120 cm³/mol. The average Bonchev–Trinajstić information content (AvgIpc) is 3.42. The van der Waals surface area contributed by atoms with Gasteiger partial charge in [0.1, 0.15) is 11.4 Å². The zero-order valence-electron chi connectivity index (χ0n) is 16.2. The van der Waals surface area contributed by atoms with Crippen LogP contribution < -0.4 is 9.46 Å². The number of nitrogens with zero attached hydrogens (tertiary/aromatic N) is 1. The zero-order valence-corrected chi connectivity index (χ0v) is 18.7. The van der Waals surface area contributed by atoms with Crippen LogP contribution in [0.25, 0.3) is 11.3 Å². The van der Waals surface area contributed by atoms with Crippen LogP contribution >= 0.6 is 23.1 Å². The number of sulfonamides is 1. The molecule has 0 bridgehead atoms. The van der Waals surface area contributed by atoms with Crippen molar-refractivity contribution in [2.24, 2.45) is 0 Å². The maximum absolute atomic E-state index is 14.3. The van der Waals surface area contributed by atoms with Gasteiger partial charge in [0.2, 0.25) is 5.09 Å². The molecule has 160 valence electrons. The Morgan fingerprint density at radius 3 is 2.68 bits per heavy atom. The summed E-state index contributed by atoms with van der Waals surface area (Å²) in [6.07, 6.45) is 0. The summed E-state index contributed by atoms with van der Waals surface area (Å²) in [7, 11) is -2.54. The molecule has 4 rings (SSSR count). The number of methoxy groups -OCH3 is 1. The number of anilines is 1. The van der Waals surface area contributed by atoms with Gasteiger partial charge in [-0.25, -0.2) is 12.8 Å². The maximum atomic E-state index is 14.3. The van der Waals surface area contributed by atoms with Gasteiger partial charge in [-0.2, -0.15) is 11.3 Å². The van der Waals surface area contributed by atoms with Gasteiger partial charge in [0, 0.05) is 11.3 Å². The average molecular weight is 477 g/mol. The number of hydrogen-bond donors (Lipinski definition) is 1. The van der Waals surface area contributed by atoms with Crippen LogP contribution in [0.15, 0.2) is 79.9 Å². The molecule has 4 aromatic rings. The molecule has 0 saturated carbocycles. The van der Waals surface area contributed by atoms with E-state index in [0.717, 1.165) is 5.56 Å². The van der Waals surface area contributed by atoms with Gasteiger partial charge in [-0.3, -0.25) is 4.72 Å². The fourth-order valence-corrected chi connectivity index (χ4v) is 5.58. The van der Waals surface area contributed by atoms with E-state index in [1.54, 1.807) is 35.6 Å². The number of thioether (sulfide) groups is 1. The maximum Gasteiger partial charge on any atom is 0.262 e. The molecule has 2 aromatic heterocycles. The summed E-state index contributed by atoms with van der Waals surface area (Å²) < 4.78 is 53.2. The lowest BCUT2D eigenvalue weighted by atomic mass is 10.1. The van der Waals surface area contributed by atoms with E-state index in [1.807, 2.05) is 16.8 Å². The molecular weight excluding hydrogens is 459 g/mol. The minimum absolute atomic E-state index is 0.0747. The zero-order chi connectivity index (χ0) is 21.8. The van der Waals surface area contributed by atoms with Crippen molar-refractivity contribution in [3.05, 3.63) is 76.7 Å². The lowest BCUT2D eigenvalue weighted by molar-refractivity contribution is 0.352. The molecule has 0 atom stereocenters. The molecule has 1 N–H and O–H groups in total. The van der Waals surface area contributed by atoms with E-state index in [-0.39, 0.29) is 27.1 Å². The molecular formula is C21H17FN2O4S3. The highest BCUT2D eigenvalue weighted by Gasteiger charge is 2.25. The first-order valence-electron chi connectivity index (χ1n) is 9.03. The summed E-state index contributed by atoms with van der Waals surface area (Å²) in [6.45, 7) is 0. The van der Waals surface area contributed by atoms with Gasteiger partial charge in [-0.05, 0) is 52.7 Å². The Morgan fingerprint density at radius 1 is 1.19 bits per heavy atom. The normalized spacial score (nSPS) is 11.4. The third-order valence-corrected chi connectivity index (χ3v) is 7.44. The number of thiophene rings is 1. The van der Waals surface area contributed by atoms with Gasteiger partial charge < -0.3 is 9.26 Å². The fraction of sp³-hybridized carbons (Fsp3) is 0.0952. The minimum atomic E-state index is -3.91. The van der Waals surface area contributed by atoms with Crippen molar-refractivity contribution >= 4 is 38.8 Å². The molecule has 0 amide bonds. The molecule has 2 heterocycles. The number of nitrogens with one attached hydrogen (secondary N) is 1. The van der Waals surface area contributed by atoms with Crippen molar-refractivity contribution in [1.82, 2.24) is 5.16 Å². The number of hydrogen-bond acceptors (Lipinski definition) is 7. The second-order valence-corrected chi connectivity index (χ2v) is 9.79. The van der Waals surface area contributed by atoms with Crippen molar-refractivity contribution in [3.8, 4) is 17.0 Å². The molecule has 0 unspecified atom stereocenters. The predicted octanol–water partition coefficient (Wildman–Crippen LogP) is 5.64. The molecule has 31 heavy (non-hydrogen) atoms. The lowest BCUT2D eigenvalue weighted by Crippen LogP contribution is -2.13. The smallest absolute Gasteiger partial charge is 0.262 e. The second-order valence-electron chi connectivity index (χ2n) is 6.38. The van der Waals surface area contributed by atoms with Crippen LogP contribution in [0.3, 0.4) is 0 Å². The van der Waals surface area contributed by atoms with Crippen LogP contribution in [-0.2, 0) is 15.8 Å². The van der Waals surface area contributed by atoms with Crippen LogP contribution in [0.2, 0.25) is 0 Å². The van der Waals surface area contributed by atoms with Crippen LogP contribution in [0.4, 0.5) is 10.1 Å². The quantitative estimate of drug-likeness (QED) is 0.331. The summed E-state index contributed by atoms with van der Waals surface area (Å²) in [5.41, 5.74) is 1.78. The van der Waals surface area contributed by atoms with Crippen molar-refractivity contribution in [1.29, 1.82) is 0 Å². The van der Waals surface area contributed by atoms with E-state index in [1.165, 1.54) is 43.1 Å². The third kappa shape index (κ3) is 4.76. The Bertz CT molecular complexity index is 1270. The summed E-state index contributed by atoms with van der Waals surface area (Å²) in [5, 5.41) is 8.28. The molecule has 0 fully saturated rings. The molecule has 0 aliphatic heterocycles. The number of benzene rings is 2. The Hall–Kier alpha value is -2.82. The van der Waals surface area contributed by atoms with E-state index in [2.05, 4.69) is 9.88 Å². The van der Waals surface area contributed by atoms with Crippen molar-refractivity contribution in [3.63, 3.8) is 0 Å². The summed E-state index contributed by atoms with van der Waals surface area (Å²) in [4.78, 5) is 0.0943. The number of ether oxygens (including phenoxy) is 1. The Morgan fingerprint density at radius 2 is 2.00 bits per heavy atom. The monoisotopic (exact) mass is 476 g/mol. The lowest BCUT2D eigenvalue weighted by Gasteiger charge is -2.10. The van der Waals surface area contributed by atoms with Crippen molar-refractivity contribution < 1.29 is 22.1 Å². The Balaban J connectivity index is 1.74. The van der Waals surface area contributed by atoms with Crippen molar-refractivity contribution in [2.75, 3.05) is 11.8 Å². The number of halogens is 1. The van der Waals surface area contributed by atoms with Crippen LogP contribution in [0.5, 0.6) is 5.75 Å². The van der Waals surface area contributed by atoms with E-state index in [9.17, 15) is 12.8 Å². The molecule has 0 aliphatic rings. The third-order valence-electron chi connectivity index (χ3n) is 4.33. The molecule has 0 saturated heterocycles. The summed E-state index contributed by atoms with van der Waals surface area (Å²) in [5.74, 6) is 0.0490. The van der Waals surface area contributed by atoms with Crippen LogP contribution in [0, 0.1) is 5.82 Å². The Labute approximate surface area is 187 Å². The molecule has 2 aromatic carbocycles. The number of aromatic nitrogens is 1. The standard InChI is InChI=1S/C21H17FN2O4S3/c1-27-18-8-7-15(11-17(18)22)19-20(24-31(25,26)16-5-3-2-4-6-16)21(28-23-19)30-13-14-9-10-29-12-14/h2-12,24H,13H2,1H3. The number of rotatable bonds is 8. The first-order valence-corrected chi connectivity index (χ1v) is 12.4. The van der Waals surface area contributed by atoms with Crippen molar-refractivity contribution in [2.45, 2.75) is 15.7 Å². The van der Waals surface area contributed by atoms with Gasteiger partial charge in [-0.1, -0.05) is 35.1 Å². The second kappa shape index (κ2) is 9.13. The van der Waals surface area contributed by atoms with E-state index in [4.69, 9.17) is 9.26 Å². The molecule has 0 radical (unpaired) electrons. The molecule has 10 heteroatoms. The summed E-state index contributed by atoms with van der Waals surface area (Å²) >= 11 is 2.87. The first-order chi connectivity index (χ1) is 15.0. The molecule has 6 nitrogen and oxygen atoms in total. The van der Waals surface area contributed by atoms with Crippen LogP contribution in [0.1, 0.15) is 5.56 Å². The highest BCUT2D eigenvalue weighted by atomic mass is 32.2. The largest absolute Gasteiger partial charge is 0.494 e. The van der Waals surface area contributed by atoms with E-state index < -0.39 is 15.8 Å². The van der Waals surface area contributed by atoms with Gasteiger partial charge in [0.25, 0.3) is 10.0 Å². The minimum Gasteiger partial charge on any atom is -0.494 e. The summed E-state index contributed by atoms with van der Waals surface area (Å²) in [6, 6.07) is 14.2. The van der Waals surface area contributed by atoms with Gasteiger partial charge >= 0.3 is 0 Å². The van der Waals surface area contributed by atoms with Crippen LogP contribution in [-0.4, -0.2) is 20.7 Å². The van der Waals surface area contributed by atoms with E-state index in [0.29, 0.717) is 11.3 Å². The van der Waals surface area contributed by atoms with Gasteiger partial charge in [0.15, 0.2) is 11.6 Å². The highest BCUT2D eigenvalue weighted by Crippen LogP contribution is 2.40. The molecule has 0 spiro atoms. The topological polar surface area (TPSA) is 81.4 Å². The SMILES string of the molecule is COc1ccc(-c2noc(SCc3ccsc3)c2NS(=O)(=O)c2ccccc2)cc1F. The Kier molecular flexibility index (Phi) is 6.30. The highest BCUT2D eigenvalue weighted by molar-refractivity contribution is 7.98. The fourth-order valence-electron chi connectivity index (χ4n) is 2.79.